The molecule has 3 nitrogen and oxygen atoms in total. The maximum absolute atomic E-state index is 11.6. The van der Waals surface area contributed by atoms with Crippen molar-refractivity contribution in [1.82, 2.24) is 10.2 Å². The van der Waals surface area contributed by atoms with Crippen molar-refractivity contribution in [2.24, 2.45) is 23.2 Å². The third-order valence-electron chi connectivity index (χ3n) is 6.21. The average molecular weight is 248 g/mol. The van der Waals surface area contributed by atoms with E-state index in [1.807, 2.05) is 11.9 Å². The zero-order chi connectivity index (χ0) is 12.3. The van der Waals surface area contributed by atoms with Crippen LogP contribution in [-0.2, 0) is 4.79 Å². The van der Waals surface area contributed by atoms with E-state index in [1.54, 1.807) is 0 Å². The largest absolute Gasteiger partial charge is 0.343 e. The van der Waals surface area contributed by atoms with Gasteiger partial charge < -0.3 is 10.2 Å². The second-order valence-electron chi connectivity index (χ2n) is 7.49. The van der Waals surface area contributed by atoms with Crippen LogP contribution < -0.4 is 5.32 Å². The van der Waals surface area contributed by atoms with Gasteiger partial charge in [-0.2, -0.15) is 0 Å². The summed E-state index contributed by atoms with van der Waals surface area (Å²) in [7, 11) is 1.97. The SMILES string of the molecule is CN1CC(C23CC4CC(CC(C4)C2)C3)NCC1=O. The number of piperazine rings is 1. The van der Waals surface area contributed by atoms with Crippen LogP contribution in [0, 0.1) is 23.2 Å². The highest BCUT2D eigenvalue weighted by Gasteiger charge is 2.54. The number of rotatable bonds is 1. The second-order valence-corrected chi connectivity index (χ2v) is 7.49. The minimum absolute atomic E-state index is 0.260. The Kier molecular flexibility index (Phi) is 2.33. The Bertz CT molecular complexity index is 343. The van der Waals surface area contributed by atoms with E-state index in [0.29, 0.717) is 18.0 Å². The van der Waals surface area contributed by atoms with Crippen LogP contribution in [0.1, 0.15) is 38.5 Å². The van der Waals surface area contributed by atoms with E-state index in [4.69, 9.17) is 0 Å². The zero-order valence-electron chi connectivity index (χ0n) is 11.3. The van der Waals surface area contributed by atoms with Crippen LogP contribution in [0.3, 0.4) is 0 Å². The van der Waals surface area contributed by atoms with Gasteiger partial charge in [-0.1, -0.05) is 0 Å². The van der Waals surface area contributed by atoms with E-state index in [2.05, 4.69) is 5.32 Å². The third kappa shape index (κ3) is 1.56. The maximum atomic E-state index is 11.6. The number of nitrogens with zero attached hydrogens (tertiary/aromatic N) is 1. The molecule has 5 fully saturated rings. The Balaban J connectivity index is 1.58. The molecule has 100 valence electrons. The molecule has 1 N–H and O–H groups in total. The number of likely N-dealkylation sites (N-methyl/N-ethyl adjacent to an activating group) is 1. The lowest BCUT2D eigenvalue weighted by Gasteiger charge is -2.60. The summed E-state index contributed by atoms with van der Waals surface area (Å²) in [5, 5.41) is 3.57. The Labute approximate surface area is 109 Å². The first-order chi connectivity index (χ1) is 8.64. The standard InChI is InChI=1S/C15H24N2O/c1-17-9-13(16-8-14(17)18)15-5-10-2-11(6-15)4-12(3-10)7-15/h10-13,16H,2-9H2,1H3. The minimum atomic E-state index is 0.260. The molecule has 4 aliphatic carbocycles. The summed E-state index contributed by atoms with van der Waals surface area (Å²) < 4.78 is 0. The number of hydrogen-bond donors (Lipinski definition) is 1. The molecule has 5 aliphatic rings. The predicted octanol–water partition coefficient (Wildman–Crippen LogP) is 1.63. The second kappa shape index (κ2) is 3.72. The van der Waals surface area contributed by atoms with Crippen molar-refractivity contribution < 1.29 is 4.79 Å². The molecular formula is C15H24N2O. The minimum Gasteiger partial charge on any atom is -0.343 e. The molecule has 4 saturated carbocycles. The fourth-order valence-corrected chi connectivity index (χ4v) is 5.80. The van der Waals surface area contributed by atoms with Crippen molar-refractivity contribution >= 4 is 5.91 Å². The summed E-state index contributed by atoms with van der Waals surface area (Å²) in [5.74, 6) is 3.26. The van der Waals surface area contributed by atoms with Gasteiger partial charge in [-0.15, -0.1) is 0 Å². The highest BCUT2D eigenvalue weighted by Crippen LogP contribution is 2.61. The van der Waals surface area contributed by atoms with Gasteiger partial charge in [0.15, 0.2) is 0 Å². The molecule has 5 rings (SSSR count). The van der Waals surface area contributed by atoms with E-state index >= 15 is 0 Å². The van der Waals surface area contributed by atoms with Crippen molar-refractivity contribution in [3.63, 3.8) is 0 Å². The lowest BCUT2D eigenvalue weighted by atomic mass is 9.47. The van der Waals surface area contributed by atoms with E-state index in [0.717, 1.165) is 24.3 Å². The molecule has 1 aliphatic heterocycles. The van der Waals surface area contributed by atoms with Crippen molar-refractivity contribution in [2.45, 2.75) is 44.6 Å². The molecule has 0 radical (unpaired) electrons. The number of carbonyl (C=O) groups excluding carboxylic acids is 1. The summed E-state index contributed by atoms with van der Waals surface area (Å²) in [5.41, 5.74) is 0.531. The van der Waals surface area contributed by atoms with Gasteiger partial charge in [0.05, 0.1) is 6.54 Å². The topological polar surface area (TPSA) is 32.3 Å². The van der Waals surface area contributed by atoms with E-state index < -0.39 is 0 Å². The molecule has 1 amide bonds. The number of nitrogens with one attached hydrogen (secondary N) is 1. The Morgan fingerprint density at radius 3 is 2.17 bits per heavy atom. The summed E-state index contributed by atoms with van der Waals surface area (Å²) in [6.07, 6.45) is 8.79. The van der Waals surface area contributed by atoms with Gasteiger partial charge in [0, 0.05) is 19.6 Å². The first kappa shape index (κ1) is 11.3. The summed E-state index contributed by atoms with van der Waals surface area (Å²) in [6.45, 7) is 1.49. The molecule has 1 saturated heterocycles. The Morgan fingerprint density at radius 1 is 1.11 bits per heavy atom. The van der Waals surface area contributed by atoms with Crippen LogP contribution in [0.5, 0.6) is 0 Å². The van der Waals surface area contributed by atoms with Gasteiger partial charge in [-0.3, -0.25) is 4.79 Å². The lowest BCUT2D eigenvalue weighted by Crippen LogP contribution is -2.63. The monoisotopic (exact) mass is 248 g/mol. The lowest BCUT2D eigenvalue weighted by molar-refractivity contribution is -0.136. The summed E-state index contributed by atoms with van der Waals surface area (Å²) in [6, 6.07) is 0.564. The highest BCUT2D eigenvalue weighted by molar-refractivity contribution is 5.78. The van der Waals surface area contributed by atoms with Crippen molar-refractivity contribution in [2.75, 3.05) is 20.1 Å². The molecule has 3 heteroatoms. The molecule has 1 atom stereocenters. The fraction of sp³-hybridized carbons (Fsp3) is 0.933. The van der Waals surface area contributed by atoms with Gasteiger partial charge in [0.25, 0.3) is 0 Å². The average Bonchev–Trinajstić information content (AvgIpc) is 2.31. The molecular weight excluding hydrogens is 224 g/mol. The van der Waals surface area contributed by atoms with Crippen molar-refractivity contribution in [1.29, 1.82) is 0 Å². The number of hydrogen-bond acceptors (Lipinski definition) is 2. The third-order valence-corrected chi connectivity index (χ3v) is 6.21. The Morgan fingerprint density at radius 2 is 1.67 bits per heavy atom. The summed E-state index contributed by atoms with van der Waals surface area (Å²) >= 11 is 0. The van der Waals surface area contributed by atoms with Gasteiger partial charge in [-0.25, -0.2) is 0 Å². The van der Waals surface area contributed by atoms with Gasteiger partial charge >= 0.3 is 0 Å². The van der Waals surface area contributed by atoms with Crippen LogP contribution >= 0.6 is 0 Å². The summed E-state index contributed by atoms with van der Waals surface area (Å²) in [4.78, 5) is 13.6. The van der Waals surface area contributed by atoms with E-state index in [9.17, 15) is 4.79 Å². The molecule has 18 heavy (non-hydrogen) atoms. The smallest absolute Gasteiger partial charge is 0.236 e. The molecule has 1 unspecified atom stereocenters. The maximum Gasteiger partial charge on any atom is 0.236 e. The van der Waals surface area contributed by atoms with Crippen molar-refractivity contribution in [3.8, 4) is 0 Å². The molecule has 0 aromatic carbocycles. The van der Waals surface area contributed by atoms with Crippen LogP contribution in [-0.4, -0.2) is 37.0 Å². The van der Waals surface area contributed by atoms with Crippen LogP contribution in [0.25, 0.3) is 0 Å². The van der Waals surface area contributed by atoms with Crippen molar-refractivity contribution in [3.05, 3.63) is 0 Å². The number of carbonyl (C=O) groups is 1. The first-order valence-electron chi connectivity index (χ1n) is 7.62. The van der Waals surface area contributed by atoms with E-state index in [-0.39, 0.29) is 5.91 Å². The van der Waals surface area contributed by atoms with Crippen LogP contribution in [0.15, 0.2) is 0 Å². The van der Waals surface area contributed by atoms with Gasteiger partial charge in [0.2, 0.25) is 5.91 Å². The normalized spacial score (nSPS) is 50.9. The highest BCUT2D eigenvalue weighted by atomic mass is 16.2. The van der Waals surface area contributed by atoms with Crippen LogP contribution in [0.2, 0.25) is 0 Å². The fourth-order valence-electron chi connectivity index (χ4n) is 5.80. The van der Waals surface area contributed by atoms with E-state index in [1.165, 1.54) is 38.5 Å². The molecule has 0 spiro atoms. The molecule has 1 heterocycles. The van der Waals surface area contributed by atoms with Gasteiger partial charge in [-0.05, 0) is 61.7 Å². The molecule has 0 aromatic heterocycles. The molecule has 0 aromatic rings. The van der Waals surface area contributed by atoms with Gasteiger partial charge in [0.1, 0.15) is 0 Å². The molecule has 4 bridgehead atoms. The first-order valence-corrected chi connectivity index (χ1v) is 7.62. The Hall–Kier alpha value is -0.570. The quantitative estimate of drug-likeness (QED) is 0.765. The predicted molar refractivity (Wildman–Crippen MR) is 70.0 cm³/mol. The van der Waals surface area contributed by atoms with Crippen LogP contribution in [0.4, 0.5) is 0 Å². The number of amides is 1. The zero-order valence-corrected chi connectivity index (χ0v) is 11.3.